The van der Waals surface area contributed by atoms with E-state index in [4.69, 9.17) is 5.73 Å². The maximum Gasteiger partial charge on any atom is 0.0159 e. The minimum atomic E-state index is 0.191. The van der Waals surface area contributed by atoms with Crippen LogP contribution in [0.25, 0.3) is 0 Å². The summed E-state index contributed by atoms with van der Waals surface area (Å²) >= 11 is 1.80. The van der Waals surface area contributed by atoms with Gasteiger partial charge in [0.1, 0.15) is 0 Å². The molecule has 0 aliphatic carbocycles. The molecule has 0 saturated heterocycles. The molecule has 0 aliphatic heterocycles. The van der Waals surface area contributed by atoms with E-state index in [0.29, 0.717) is 11.8 Å². The van der Waals surface area contributed by atoms with Crippen LogP contribution in [0.1, 0.15) is 36.6 Å². The first-order valence-electron chi connectivity index (χ1n) is 7.05. The maximum absolute atomic E-state index is 6.52. The Balaban J connectivity index is 2.18. The largest absolute Gasteiger partial charge is 0.327 e. The van der Waals surface area contributed by atoms with Crippen molar-refractivity contribution in [2.24, 2.45) is 11.7 Å². The van der Waals surface area contributed by atoms with E-state index >= 15 is 0 Å². The van der Waals surface area contributed by atoms with Gasteiger partial charge >= 0.3 is 0 Å². The molecular formula is C17H23NS. The molecule has 3 atom stereocenters. The molecule has 1 heterocycles. The van der Waals surface area contributed by atoms with Crippen LogP contribution in [0, 0.1) is 5.92 Å². The summed E-state index contributed by atoms with van der Waals surface area (Å²) < 4.78 is 0. The second-order valence-electron chi connectivity index (χ2n) is 5.27. The van der Waals surface area contributed by atoms with Crippen LogP contribution in [-0.4, -0.2) is 6.04 Å². The van der Waals surface area contributed by atoms with Gasteiger partial charge in [0.25, 0.3) is 0 Å². The average molecular weight is 273 g/mol. The Bertz CT molecular complexity index is 463. The molecule has 2 heteroatoms. The second kappa shape index (κ2) is 6.88. The molecule has 1 aromatic carbocycles. The highest BCUT2D eigenvalue weighted by Crippen LogP contribution is 2.31. The van der Waals surface area contributed by atoms with Crippen molar-refractivity contribution in [2.75, 3.05) is 0 Å². The highest BCUT2D eigenvalue weighted by atomic mass is 32.1. The third-order valence-electron chi connectivity index (χ3n) is 3.92. The summed E-state index contributed by atoms with van der Waals surface area (Å²) in [6, 6.07) is 15.2. The molecule has 102 valence electrons. The number of benzene rings is 1. The molecule has 0 bridgehead atoms. The average Bonchev–Trinajstić information content (AvgIpc) is 2.93. The normalized spacial score (nSPS) is 15.9. The zero-order valence-corrected chi connectivity index (χ0v) is 12.6. The summed E-state index contributed by atoms with van der Waals surface area (Å²) in [7, 11) is 0. The second-order valence-corrected chi connectivity index (χ2v) is 6.30. The van der Waals surface area contributed by atoms with Crippen LogP contribution in [0.4, 0.5) is 0 Å². The van der Waals surface area contributed by atoms with E-state index in [1.165, 1.54) is 10.4 Å². The van der Waals surface area contributed by atoms with E-state index < -0.39 is 0 Å². The smallest absolute Gasteiger partial charge is 0.0159 e. The first kappa shape index (κ1) is 14.3. The lowest BCUT2D eigenvalue weighted by atomic mass is 9.79. The maximum atomic E-state index is 6.52. The Hall–Kier alpha value is -1.12. The van der Waals surface area contributed by atoms with Crippen LogP contribution in [0.15, 0.2) is 47.8 Å². The van der Waals surface area contributed by atoms with Crippen LogP contribution in [0.2, 0.25) is 0 Å². The SMILES string of the molecule is CCC(C)C(c1ccccc1)C(N)Cc1cccs1. The van der Waals surface area contributed by atoms with Crippen molar-refractivity contribution < 1.29 is 0 Å². The van der Waals surface area contributed by atoms with Gasteiger partial charge in [0.15, 0.2) is 0 Å². The van der Waals surface area contributed by atoms with Crippen LogP contribution in [0.3, 0.4) is 0 Å². The standard InChI is InChI=1S/C17H23NS/c1-3-13(2)17(14-8-5-4-6-9-14)16(18)12-15-10-7-11-19-15/h4-11,13,16-17H,3,12,18H2,1-2H3. The lowest BCUT2D eigenvalue weighted by Crippen LogP contribution is -2.34. The summed E-state index contributed by atoms with van der Waals surface area (Å²) in [4.78, 5) is 1.39. The minimum Gasteiger partial charge on any atom is -0.327 e. The Kier molecular flexibility index (Phi) is 5.17. The first-order chi connectivity index (χ1) is 9.22. The highest BCUT2D eigenvalue weighted by Gasteiger charge is 2.25. The molecule has 0 radical (unpaired) electrons. The van der Waals surface area contributed by atoms with Gasteiger partial charge in [-0.15, -0.1) is 11.3 Å². The monoisotopic (exact) mass is 273 g/mol. The van der Waals surface area contributed by atoms with Crippen LogP contribution in [0.5, 0.6) is 0 Å². The topological polar surface area (TPSA) is 26.0 Å². The van der Waals surface area contributed by atoms with E-state index in [-0.39, 0.29) is 6.04 Å². The third kappa shape index (κ3) is 3.68. The van der Waals surface area contributed by atoms with Gasteiger partial charge in [-0.3, -0.25) is 0 Å². The van der Waals surface area contributed by atoms with Crippen molar-refractivity contribution >= 4 is 11.3 Å². The van der Waals surface area contributed by atoms with Crippen molar-refractivity contribution in [1.29, 1.82) is 0 Å². The molecule has 0 spiro atoms. The summed E-state index contributed by atoms with van der Waals surface area (Å²) in [5.74, 6) is 1.05. The molecule has 2 aromatic rings. The predicted molar refractivity (Wildman–Crippen MR) is 84.6 cm³/mol. The number of rotatable bonds is 6. The fraction of sp³-hybridized carbons (Fsp3) is 0.412. The number of hydrogen-bond acceptors (Lipinski definition) is 2. The third-order valence-corrected chi connectivity index (χ3v) is 4.82. The zero-order chi connectivity index (χ0) is 13.7. The Labute approximate surface area is 120 Å². The van der Waals surface area contributed by atoms with Gasteiger partial charge in [-0.05, 0) is 29.3 Å². The van der Waals surface area contributed by atoms with E-state index in [1.54, 1.807) is 11.3 Å². The van der Waals surface area contributed by atoms with Gasteiger partial charge in [0.2, 0.25) is 0 Å². The number of hydrogen-bond donors (Lipinski definition) is 1. The molecule has 0 saturated carbocycles. The van der Waals surface area contributed by atoms with Gasteiger partial charge in [0.05, 0.1) is 0 Å². The van der Waals surface area contributed by atoms with Crippen LogP contribution in [-0.2, 0) is 6.42 Å². The molecule has 2 rings (SSSR count). The minimum absolute atomic E-state index is 0.191. The molecule has 1 aromatic heterocycles. The molecule has 2 N–H and O–H groups in total. The number of nitrogens with two attached hydrogens (primary N) is 1. The Morgan fingerprint density at radius 2 is 1.84 bits per heavy atom. The Morgan fingerprint density at radius 1 is 1.11 bits per heavy atom. The quantitative estimate of drug-likeness (QED) is 0.827. The summed E-state index contributed by atoms with van der Waals surface area (Å²) in [5, 5.41) is 2.13. The summed E-state index contributed by atoms with van der Waals surface area (Å²) in [6.45, 7) is 4.56. The van der Waals surface area contributed by atoms with E-state index in [0.717, 1.165) is 12.8 Å². The van der Waals surface area contributed by atoms with Crippen LogP contribution >= 0.6 is 11.3 Å². The lowest BCUT2D eigenvalue weighted by molar-refractivity contribution is 0.381. The van der Waals surface area contributed by atoms with E-state index in [1.807, 2.05) is 0 Å². The van der Waals surface area contributed by atoms with E-state index in [2.05, 4.69) is 61.7 Å². The van der Waals surface area contributed by atoms with Gasteiger partial charge in [-0.1, -0.05) is 56.7 Å². The van der Waals surface area contributed by atoms with Crippen molar-refractivity contribution in [3.63, 3.8) is 0 Å². The Morgan fingerprint density at radius 3 is 2.42 bits per heavy atom. The zero-order valence-electron chi connectivity index (χ0n) is 11.8. The molecule has 0 amide bonds. The molecule has 0 fully saturated rings. The first-order valence-corrected chi connectivity index (χ1v) is 7.93. The predicted octanol–water partition coefficient (Wildman–Crippen LogP) is 4.45. The molecular weight excluding hydrogens is 250 g/mol. The number of thiophene rings is 1. The van der Waals surface area contributed by atoms with Gasteiger partial charge in [-0.2, -0.15) is 0 Å². The van der Waals surface area contributed by atoms with Gasteiger partial charge in [-0.25, -0.2) is 0 Å². The van der Waals surface area contributed by atoms with Crippen molar-refractivity contribution in [3.05, 3.63) is 58.3 Å². The molecule has 3 unspecified atom stereocenters. The molecule has 19 heavy (non-hydrogen) atoms. The van der Waals surface area contributed by atoms with Crippen molar-refractivity contribution in [2.45, 2.75) is 38.6 Å². The summed E-state index contributed by atoms with van der Waals surface area (Å²) in [6.07, 6.45) is 2.14. The fourth-order valence-corrected chi connectivity index (χ4v) is 3.49. The van der Waals surface area contributed by atoms with Crippen LogP contribution < -0.4 is 5.73 Å². The van der Waals surface area contributed by atoms with E-state index in [9.17, 15) is 0 Å². The summed E-state index contributed by atoms with van der Waals surface area (Å²) in [5.41, 5.74) is 7.90. The fourth-order valence-electron chi connectivity index (χ4n) is 2.71. The van der Waals surface area contributed by atoms with Crippen molar-refractivity contribution in [3.8, 4) is 0 Å². The molecule has 1 nitrogen and oxygen atoms in total. The van der Waals surface area contributed by atoms with Crippen molar-refractivity contribution in [1.82, 2.24) is 0 Å². The van der Waals surface area contributed by atoms with Gasteiger partial charge in [0, 0.05) is 16.8 Å². The molecule has 0 aliphatic rings. The van der Waals surface area contributed by atoms with Gasteiger partial charge < -0.3 is 5.73 Å². The lowest BCUT2D eigenvalue weighted by Gasteiger charge is -2.29. The highest BCUT2D eigenvalue weighted by molar-refractivity contribution is 7.09.